The zero-order valence-corrected chi connectivity index (χ0v) is 20.4. The molecule has 10 heteroatoms. The lowest BCUT2D eigenvalue weighted by atomic mass is 10.0. The van der Waals surface area contributed by atoms with Crippen LogP contribution in [0, 0.1) is 0 Å². The molecule has 2 aromatic rings. The molecule has 0 spiro atoms. The average Bonchev–Trinajstić information content (AvgIpc) is 2.94. The van der Waals surface area contributed by atoms with Crippen molar-refractivity contribution >= 4 is 39.6 Å². The molecule has 2 aromatic carbocycles. The maximum atomic E-state index is 12.4. The van der Waals surface area contributed by atoms with Gasteiger partial charge in [-0.25, -0.2) is 4.79 Å². The molecule has 2 N–H and O–H groups in total. The van der Waals surface area contributed by atoms with Gasteiger partial charge in [-0.1, -0.05) is 22.0 Å². The lowest BCUT2D eigenvalue weighted by Gasteiger charge is -2.14. The predicted octanol–water partition coefficient (Wildman–Crippen LogP) is 5.51. The fourth-order valence-corrected chi connectivity index (χ4v) is 3.66. The number of carbonyl (C=O) groups excluding carboxylic acids is 1. The lowest BCUT2D eigenvalue weighted by Crippen LogP contribution is -2.21. The second-order valence-electron chi connectivity index (χ2n) is 7.57. The summed E-state index contributed by atoms with van der Waals surface area (Å²) in [5.74, 6) is -2.14. The number of hydrogen-bond acceptors (Lipinski definition) is 4. The summed E-state index contributed by atoms with van der Waals surface area (Å²) in [6.45, 7) is 4.60. The van der Waals surface area contributed by atoms with Crippen molar-refractivity contribution in [1.82, 2.24) is 4.90 Å². The summed E-state index contributed by atoms with van der Waals surface area (Å²) in [5.41, 5.74) is 4.38. The maximum absolute atomic E-state index is 12.4. The summed E-state index contributed by atoms with van der Waals surface area (Å²) in [4.78, 5) is 23.6. The number of benzene rings is 2. The van der Waals surface area contributed by atoms with E-state index in [0.717, 1.165) is 47.4 Å². The number of rotatable bonds is 5. The van der Waals surface area contributed by atoms with Crippen LogP contribution in [0.3, 0.4) is 0 Å². The molecule has 34 heavy (non-hydrogen) atoms. The van der Waals surface area contributed by atoms with Gasteiger partial charge >= 0.3 is 12.1 Å². The van der Waals surface area contributed by atoms with E-state index < -0.39 is 12.1 Å². The molecule has 0 radical (unpaired) electrons. The Hall–Kier alpha value is -2.85. The number of fused-ring (bicyclic) bond motifs is 1. The molecule has 0 saturated heterocycles. The third-order valence-electron chi connectivity index (χ3n) is 4.83. The number of amides is 1. The van der Waals surface area contributed by atoms with Crippen LogP contribution in [0.5, 0.6) is 5.75 Å². The number of carboxylic acid groups (broad SMARTS) is 1. The smallest absolute Gasteiger partial charge is 0.490 e. The summed E-state index contributed by atoms with van der Waals surface area (Å²) < 4.78 is 38.3. The zero-order chi connectivity index (χ0) is 25.3. The van der Waals surface area contributed by atoms with Gasteiger partial charge in [0, 0.05) is 28.3 Å². The van der Waals surface area contributed by atoms with Crippen LogP contribution in [-0.4, -0.2) is 48.3 Å². The fourth-order valence-electron chi connectivity index (χ4n) is 3.29. The summed E-state index contributed by atoms with van der Waals surface area (Å²) in [7, 11) is 2.15. The fraction of sp³-hybridized carbons (Fsp3) is 0.333. The van der Waals surface area contributed by atoms with Gasteiger partial charge < -0.3 is 20.1 Å². The number of aryl methyl sites for hydroxylation is 1. The minimum Gasteiger partial charge on any atom is -0.493 e. The summed E-state index contributed by atoms with van der Waals surface area (Å²) >= 11 is 3.46. The van der Waals surface area contributed by atoms with Gasteiger partial charge in [0.05, 0.1) is 6.61 Å². The Morgan fingerprint density at radius 2 is 1.91 bits per heavy atom. The van der Waals surface area contributed by atoms with Crippen LogP contribution in [-0.2, 0) is 22.6 Å². The standard InChI is InChI=1S/C22H25BrN2O2.C2HF3O2/c1-3-27-21-10-8-19(23)13-17(21)7-11-22(26)24-20-9-6-18-15-25(2)12-4-5-16(18)14-20;3-2(4,5)1(6)7/h6-11,13-14H,3-5,12,15H2,1-2H3,(H,24,26);(H,6,7)/b11-7+;. The molecule has 0 saturated carbocycles. The highest BCUT2D eigenvalue weighted by Crippen LogP contribution is 2.25. The van der Waals surface area contributed by atoms with E-state index in [1.165, 1.54) is 11.1 Å². The number of halogens is 4. The Morgan fingerprint density at radius 3 is 2.56 bits per heavy atom. The molecule has 0 aliphatic carbocycles. The van der Waals surface area contributed by atoms with Crippen molar-refractivity contribution in [1.29, 1.82) is 0 Å². The van der Waals surface area contributed by atoms with Crippen LogP contribution in [0.4, 0.5) is 18.9 Å². The van der Waals surface area contributed by atoms with Gasteiger partial charge in [0.1, 0.15) is 5.75 Å². The summed E-state index contributed by atoms with van der Waals surface area (Å²) in [6.07, 6.45) is 0.437. The van der Waals surface area contributed by atoms with Crippen molar-refractivity contribution < 1.29 is 32.6 Å². The molecular formula is C24H26BrF3N2O4. The zero-order valence-electron chi connectivity index (χ0n) is 18.8. The van der Waals surface area contributed by atoms with E-state index in [9.17, 15) is 18.0 Å². The van der Waals surface area contributed by atoms with Crippen LogP contribution < -0.4 is 10.1 Å². The van der Waals surface area contributed by atoms with Gasteiger partial charge in [-0.15, -0.1) is 0 Å². The van der Waals surface area contributed by atoms with E-state index >= 15 is 0 Å². The number of carbonyl (C=O) groups is 2. The highest BCUT2D eigenvalue weighted by Gasteiger charge is 2.38. The van der Waals surface area contributed by atoms with Gasteiger partial charge in [0.2, 0.25) is 5.91 Å². The molecule has 0 unspecified atom stereocenters. The molecule has 1 aliphatic heterocycles. The molecule has 1 amide bonds. The maximum Gasteiger partial charge on any atom is 0.490 e. The Bertz CT molecular complexity index is 1040. The van der Waals surface area contributed by atoms with Crippen molar-refractivity contribution in [2.45, 2.75) is 32.5 Å². The van der Waals surface area contributed by atoms with Crippen LogP contribution in [0.1, 0.15) is 30.0 Å². The third kappa shape index (κ3) is 8.83. The Labute approximate surface area is 204 Å². The largest absolute Gasteiger partial charge is 0.493 e. The molecule has 0 fully saturated rings. The molecular weight excluding hydrogens is 517 g/mol. The number of anilines is 1. The van der Waals surface area contributed by atoms with Gasteiger partial charge in [0.25, 0.3) is 0 Å². The Balaban J connectivity index is 0.000000509. The molecule has 0 aromatic heterocycles. The number of nitrogens with one attached hydrogen (secondary N) is 1. The highest BCUT2D eigenvalue weighted by atomic mass is 79.9. The van der Waals surface area contributed by atoms with Crippen molar-refractivity contribution in [3.05, 3.63) is 63.6 Å². The van der Waals surface area contributed by atoms with Crippen molar-refractivity contribution in [3.63, 3.8) is 0 Å². The first-order chi connectivity index (χ1) is 16.0. The second kappa shape index (κ2) is 12.6. The van der Waals surface area contributed by atoms with Crippen LogP contribution >= 0.6 is 15.9 Å². The Morgan fingerprint density at radius 1 is 1.21 bits per heavy atom. The molecule has 184 valence electrons. The normalized spacial score (nSPS) is 13.9. The van der Waals surface area contributed by atoms with Gasteiger partial charge in [-0.3, -0.25) is 4.79 Å². The minimum atomic E-state index is -5.08. The molecule has 0 atom stereocenters. The quantitative estimate of drug-likeness (QED) is 0.487. The van der Waals surface area contributed by atoms with E-state index in [2.05, 4.69) is 45.3 Å². The van der Waals surface area contributed by atoms with Crippen LogP contribution in [0.25, 0.3) is 6.08 Å². The van der Waals surface area contributed by atoms with E-state index in [1.807, 2.05) is 31.2 Å². The summed E-state index contributed by atoms with van der Waals surface area (Å²) in [6, 6.07) is 12.0. The van der Waals surface area contributed by atoms with Crippen molar-refractivity contribution in [2.75, 3.05) is 25.5 Å². The number of aliphatic carboxylic acids is 1. The third-order valence-corrected chi connectivity index (χ3v) is 5.32. The Kier molecular flexibility index (Phi) is 10.1. The minimum absolute atomic E-state index is 0.150. The number of alkyl halides is 3. The molecule has 1 heterocycles. The molecule has 6 nitrogen and oxygen atoms in total. The van der Waals surface area contributed by atoms with Crippen LogP contribution in [0.15, 0.2) is 46.9 Å². The monoisotopic (exact) mass is 542 g/mol. The first-order valence-electron chi connectivity index (χ1n) is 10.5. The topological polar surface area (TPSA) is 78.9 Å². The molecule has 1 aliphatic rings. The van der Waals surface area contributed by atoms with Gasteiger partial charge in [0.15, 0.2) is 0 Å². The van der Waals surface area contributed by atoms with Gasteiger partial charge in [-0.05, 0) is 80.9 Å². The number of ether oxygens (including phenoxy) is 1. The van der Waals surface area contributed by atoms with Gasteiger partial charge in [-0.2, -0.15) is 13.2 Å². The number of nitrogens with zero attached hydrogens (tertiary/aromatic N) is 1. The number of carboxylic acids is 1. The van der Waals surface area contributed by atoms with Crippen LogP contribution in [0.2, 0.25) is 0 Å². The van der Waals surface area contributed by atoms with E-state index in [4.69, 9.17) is 14.6 Å². The predicted molar refractivity (Wildman–Crippen MR) is 128 cm³/mol. The summed E-state index contributed by atoms with van der Waals surface area (Å²) in [5, 5.41) is 10.1. The van der Waals surface area contributed by atoms with E-state index in [-0.39, 0.29) is 5.91 Å². The first-order valence-corrected chi connectivity index (χ1v) is 11.3. The number of hydrogen-bond donors (Lipinski definition) is 2. The highest BCUT2D eigenvalue weighted by molar-refractivity contribution is 9.10. The molecule has 0 bridgehead atoms. The lowest BCUT2D eigenvalue weighted by molar-refractivity contribution is -0.192. The molecule has 3 rings (SSSR count). The average molecular weight is 543 g/mol. The van der Waals surface area contributed by atoms with E-state index in [1.54, 1.807) is 12.2 Å². The van der Waals surface area contributed by atoms with E-state index in [0.29, 0.717) is 6.61 Å². The first kappa shape index (κ1) is 27.4. The van der Waals surface area contributed by atoms with Crippen molar-refractivity contribution in [3.8, 4) is 5.75 Å². The second-order valence-corrected chi connectivity index (χ2v) is 8.48. The van der Waals surface area contributed by atoms with Crippen molar-refractivity contribution in [2.24, 2.45) is 0 Å². The SMILES string of the molecule is CCOc1ccc(Br)cc1/C=C/C(=O)Nc1ccc2c(c1)CCCN(C)C2.O=C(O)C(F)(F)F.